The first-order chi connectivity index (χ1) is 9.36. The Kier molecular flexibility index (Phi) is 3.65. The van der Waals surface area contributed by atoms with E-state index in [0.717, 1.165) is 0 Å². The Morgan fingerprint density at radius 2 is 1.58 bits per heavy atom. The Labute approximate surface area is 115 Å². The van der Waals surface area contributed by atoms with Crippen LogP contribution in [0.4, 0.5) is 0 Å². The Morgan fingerprint density at radius 3 is 2.26 bits per heavy atom. The SMILES string of the molecule is C[C@@H](c1ccccc1)N1CCC[C@H]1c1ccccc1. The molecule has 2 aromatic rings. The zero-order chi connectivity index (χ0) is 13.1. The second-order valence-corrected chi connectivity index (χ2v) is 5.39. The van der Waals surface area contributed by atoms with Crippen LogP contribution in [0.2, 0.25) is 0 Å². The predicted octanol–water partition coefficient (Wildman–Crippen LogP) is 4.58. The van der Waals surface area contributed by atoms with Gasteiger partial charge < -0.3 is 0 Å². The summed E-state index contributed by atoms with van der Waals surface area (Å²) in [5.41, 5.74) is 2.88. The Morgan fingerprint density at radius 1 is 0.947 bits per heavy atom. The van der Waals surface area contributed by atoms with Crippen LogP contribution in [0.25, 0.3) is 0 Å². The smallest absolute Gasteiger partial charge is 0.0354 e. The van der Waals surface area contributed by atoms with Crippen molar-refractivity contribution >= 4 is 0 Å². The number of hydrogen-bond acceptors (Lipinski definition) is 1. The van der Waals surface area contributed by atoms with Gasteiger partial charge in [-0.1, -0.05) is 60.7 Å². The molecule has 1 nitrogen and oxygen atoms in total. The molecule has 1 heteroatoms. The molecule has 3 rings (SSSR count). The summed E-state index contributed by atoms with van der Waals surface area (Å²) in [5.74, 6) is 0. The first-order valence-electron chi connectivity index (χ1n) is 7.22. The van der Waals surface area contributed by atoms with E-state index >= 15 is 0 Å². The fraction of sp³-hybridized carbons (Fsp3) is 0.333. The molecule has 0 amide bonds. The first-order valence-corrected chi connectivity index (χ1v) is 7.22. The summed E-state index contributed by atoms with van der Waals surface area (Å²) in [6.45, 7) is 3.53. The highest BCUT2D eigenvalue weighted by molar-refractivity contribution is 5.23. The highest BCUT2D eigenvalue weighted by Crippen LogP contribution is 2.38. The third-order valence-electron chi connectivity index (χ3n) is 4.26. The second kappa shape index (κ2) is 5.58. The van der Waals surface area contributed by atoms with Crippen LogP contribution < -0.4 is 0 Å². The summed E-state index contributed by atoms with van der Waals surface area (Å²) in [6.07, 6.45) is 2.58. The standard InChI is InChI=1S/C18H21N/c1-15(16-9-4-2-5-10-16)19-14-8-13-18(19)17-11-6-3-7-12-17/h2-7,9-12,15,18H,8,13-14H2,1H3/t15-,18-/m0/s1. The van der Waals surface area contributed by atoms with E-state index in [1.54, 1.807) is 0 Å². The van der Waals surface area contributed by atoms with Crippen LogP contribution in [0.3, 0.4) is 0 Å². The van der Waals surface area contributed by atoms with Gasteiger partial charge in [0.25, 0.3) is 0 Å². The molecule has 1 fully saturated rings. The fourth-order valence-electron chi connectivity index (χ4n) is 3.21. The normalized spacial score (nSPS) is 21.4. The van der Waals surface area contributed by atoms with E-state index in [0.29, 0.717) is 12.1 Å². The van der Waals surface area contributed by atoms with Crippen LogP contribution in [0.15, 0.2) is 60.7 Å². The van der Waals surface area contributed by atoms with Gasteiger partial charge in [0.1, 0.15) is 0 Å². The Hall–Kier alpha value is -1.60. The predicted molar refractivity (Wildman–Crippen MR) is 80.0 cm³/mol. The van der Waals surface area contributed by atoms with Crippen molar-refractivity contribution in [2.24, 2.45) is 0 Å². The molecule has 1 aliphatic rings. The molecule has 1 heterocycles. The topological polar surface area (TPSA) is 3.24 Å². The maximum atomic E-state index is 2.64. The van der Waals surface area contributed by atoms with Gasteiger partial charge >= 0.3 is 0 Å². The number of rotatable bonds is 3. The van der Waals surface area contributed by atoms with Crippen LogP contribution in [-0.2, 0) is 0 Å². The largest absolute Gasteiger partial charge is 0.290 e. The van der Waals surface area contributed by atoms with Gasteiger partial charge in [-0.05, 0) is 37.4 Å². The molecule has 0 saturated carbocycles. The van der Waals surface area contributed by atoms with Crippen molar-refractivity contribution in [2.75, 3.05) is 6.54 Å². The molecule has 0 N–H and O–H groups in total. The molecule has 0 unspecified atom stereocenters. The molecule has 2 aromatic carbocycles. The van der Waals surface area contributed by atoms with Crippen LogP contribution in [0, 0.1) is 0 Å². The van der Waals surface area contributed by atoms with Crippen LogP contribution in [0.1, 0.15) is 43.0 Å². The van der Waals surface area contributed by atoms with Crippen molar-refractivity contribution in [3.63, 3.8) is 0 Å². The van der Waals surface area contributed by atoms with Crippen molar-refractivity contribution in [3.05, 3.63) is 71.8 Å². The average molecular weight is 251 g/mol. The van der Waals surface area contributed by atoms with Crippen LogP contribution in [-0.4, -0.2) is 11.4 Å². The fourth-order valence-corrected chi connectivity index (χ4v) is 3.21. The van der Waals surface area contributed by atoms with E-state index in [1.807, 2.05) is 0 Å². The van der Waals surface area contributed by atoms with E-state index in [9.17, 15) is 0 Å². The summed E-state index contributed by atoms with van der Waals surface area (Å²) in [7, 11) is 0. The lowest BCUT2D eigenvalue weighted by Crippen LogP contribution is -2.26. The molecule has 1 aliphatic heterocycles. The van der Waals surface area contributed by atoms with Crippen molar-refractivity contribution in [1.82, 2.24) is 4.90 Å². The summed E-state index contributed by atoms with van der Waals surface area (Å²) in [6, 6.07) is 22.9. The minimum atomic E-state index is 0.494. The van der Waals surface area contributed by atoms with Gasteiger partial charge in [-0.25, -0.2) is 0 Å². The average Bonchev–Trinajstić information content (AvgIpc) is 2.98. The molecule has 0 bridgehead atoms. The highest BCUT2D eigenvalue weighted by Gasteiger charge is 2.29. The maximum absolute atomic E-state index is 2.64. The van der Waals surface area contributed by atoms with Crippen molar-refractivity contribution in [3.8, 4) is 0 Å². The molecule has 19 heavy (non-hydrogen) atoms. The lowest BCUT2D eigenvalue weighted by atomic mass is 10.0. The van der Waals surface area contributed by atoms with Crippen molar-refractivity contribution < 1.29 is 0 Å². The molecule has 0 radical (unpaired) electrons. The number of benzene rings is 2. The summed E-state index contributed by atoms with van der Waals surface area (Å²) in [4.78, 5) is 2.64. The van der Waals surface area contributed by atoms with Gasteiger partial charge in [-0.15, -0.1) is 0 Å². The first kappa shape index (κ1) is 12.4. The molecule has 2 atom stereocenters. The van der Waals surface area contributed by atoms with E-state index < -0.39 is 0 Å². The van der Waals surface area contributed by atoms with Gasteiger partial charge in [0.2, 0.25) is 0 Å². The lowest BCUT2D eigenvalue weighted by Gasteiger charge is -2.31. The number of nitrogens with zero attached hydrogens (tertiary/aromatic N) is 1. The molecule has 0 spiro atoms. The van der Waals surface area contributed by atoms with Crippen molar-refractivity contribution in [2.45, 2.75) is 31.8 Å². The van der Waals surface area contributed by atoms with Crippen LogP contribution in [0.5, 0.6) is 0 Å². The van der Waals surface area contributed by atoms with E-state index in [4.69, 9.17) is 0 Å². The van der Waals surface area contributed by atoms with Gasteiger partial charge in [-0.3, -0.25) is 4.90 Å². The minimum absolute atomic E-state index is 0.494. The highest BCUT2D eigenvalue weighted by atomic mass is 15.2. The maximum Gasteiger partial charge on any atom is 0.0354 e. The summed E-state index contributed by atoms with van der Waals surface area (Å²) < 4.78 is 0. The van der Waals surface area contributed by atoms with E-state index in [-0.39, 0.29) is 0 Å². The van der Waals surface area contributed by atoms with Gasteiger partial charge in [0.05, 0.1) is 0 Å². The summed E-state index contributed by atoms with van der Waals surface area (Å²) >= 11 is 0. The van der Waals surface area contributed by atoms with Gasteiger partial charge in [0.15, 0.2) is 0 Å². The quantitative estimate of drug-likeness (QED) is 0.771. The van der Waals surface area contributed by atoms with Gasteiger partial charge in [-0.2, -0.15) is 0 Å². The molecule has 0 aromatic heterocycles. The second-order valence-electron chi connectivity index (χ2n) is 5.39. The lowest BCUT2D eigenvalue weighted by molar-refractivity contribution is 0.194. The molecular formula is C18H21N. The number of hydrogen-bond donors (Lipinski definition) is 0. The Bertz CT molecular complexity index is 506. The van der Waals surface area contributed by atoms with E-state index in [2.05, 4.69) is 72.5 Å². The van der Waals surface area contributed by atoms with Crippen molar-refractivity contribution in [1.29, 1.82) is 0 Å². The zero-order valence-electron chi connectivity index (χ0n) is 11.5. The third-order valence-corrected chi connectivity index (χ3v) is 4.26. The van der Waals surface area contributed by atoms with Gasteiger partial charge in [0, 0.05) is 12.1 Å². The zero-order valence-corrected chi connectivity index (χ0v) is 11.5. The molecular weight excluding hydrogens is 230 g/mol. The monoisotopic (exact) mass is 251 g/mol. The number of likely N-dealkylation sites (tertiary alicyclic amines) is 1. The molecule has 98 valence electrons. The van der Waals surface area contributed by atoms with Crippen LogP contribution >= 0.6 is 0 Å². The molecule has 0 aliphatic carbocycles. The molecule has 1 saturated heterocycles. The minimum Gasteiger partial charge on any atom is -0.290 e. The van der Waals surface area contributed by atoms with E-state index in [1.165, 1.54) is 30.5 Å². The summed E-state index contributed by atoms with van der Waals surface area (Å²) in [5, 5.41) is 0. The Balaban J connectivity index is 1.84. The third kappa shape index (κ3) is 2.57.